The molecule has 0 aromatic rings. The molecule has 0 aromatic carbocycles. The van der Waals surface area contributed by atoms with Crippen molar-refractivity contribution in [2.24, 2.45) is 0 Å². The van der Waals surface area contributed by atoms with E-state index in [4.69, 9.17) is 3.32 Å². The summed E-state index contributed by atoms with van der Waals surface area (Å²) in [5.74, 6) is -2.76. The van der Waals surface area contributed by atoms with Crippen LogP contribution in [0.2, 0.25) is 0 Å². The molecular formula is C27H52O7Ti. The molecule has 0 unspecified atom stereocenters. The maximum atomic E-state index is 9.92. The first kappa shape index (κ1) is 41.2. The van der Waals surface area contributed by atoms with Crippen LogP contribution in [0.25, 0.3) is 0 Å². The van der Waals surface area contributed by atoms with Gasteiger partial charge in [0.2, 0.25) is 0 Å². The van der Waals surface area contributed by atoms with Crippen LogP contribution in [0.1, 0.15) is 150 Å². The van der Waals surface area contributed by atoms with E-state index >= 15 is 0 Å². The van der Waals surface area contributed by atoms with Crippen molar-refractivity contribution in [1.29, 1.82) is 0 Å². The molecule has 0 spiro atoms. The van der Waals surface area contributed by atoms with Gasteiger partial charge in [0.15, 0.2) is 0 Å². The number of rotatable bonds is 19. The Morgan fingerprint density at radius 1 is 0.543 bits per heavy atom. The van der Waals surface area contributed by atoms with Crippen LogP contribution in [0.4, 0.5) is 0 Å². The van der Waals surface area contributed by atoms with Crippen molar-refractivity contribution in [3.05, 3.63) is 0 Å². The number of carbonyl (C=O) groups is 3. The average Bonchev–Trinajstić information content (AvgIpc) is 2.79. The SMILES string of the molecule is CC(C)[O][Ti+3].CCCCCCCC(=O)[O-].CCCCCCCC(=O)[O-].CCCCCCCC(=O)[O-]. The number of hydrogen-bond donors (Lipinski definition) is 0. The Balaban J connectivity index is -0.000000188. The Bertz CT molecular complexity index is 386. The van der Waals surface area contributed by atoms with Crippen LogP contribution in [0.15, 0.2) is 0 Å². The van der Waals surface area contributed by atoms with E-state index in [1.165, 1.54) is 38.5 Å². The second-order valence-electron chi connectivity index (χ2n) is 8.78. The average molecular weight is 537 g/mol. The summed E-state index contributed by atoms with van der Waals surface area (Å²) < 4.78 is 4.75. The monoisotopic (exact) mass is 536 g/mol. The molecule has 0 fully saturated rings. The molecule has 0 atom stereocenters. The van der Waals surface area contributed by atoms with Gasteiger partial charge in [-0.05, 0) is 38.5 Å². The Labute approximate surface area is 227 Å². The molecule has 0 heterocycles. The molecule has 0 aliphatic rings. The predicted octanol–water partition coefficient (Wildman–Crippen LogP) is 4.16. The fourth-order valence-electron chi connectivity index (χ4n) is 2.62. The number of carboxylic acids is 3. The molecule has 8 heteroatoms. The predicted molar refractivity (Wildman–Crippen MR) is 131 cm³/mol. The molecule has 0 aliphatic heterocycles. The number of carboxylic acid groups (broad SMARTS) is 3. The quantitative estimate of drug-likeness (QED) is 0.179. The van der Waals surface area contributed by atoms with E-state index < -0.39 is 17.9 Å². The largest absolute Gasteiger partial charge is 0.550 e. The van der Waals surface area contributed by atoms with E-state index in [2.05, 4.69) is 20.8 Å². The number of aliphatic carboxylic acids is 3. The van der Waals surface area contributed by atoms with E-state index in [1.54, 1.807) is 20.8 Å². The smallest absolute Gasteiger partial charge is 0.0414 e. The maximum Gasteiger partial charge on any atom is 0.0414 e. The third-order valence-corrected chi connectivity index (χ3v) is 5.43. The minimum atomic E-state index is -0.920. The summed E-state index contributed by atoms with van der Waals surface area (Å²) in [6.45, 7) is 10.4. The second-order valence-corrected chi connectivity index (χ2v) is 9.14. The first-order valence-corrected chi connectivity index (χ1v) is 14.1. The summed E-state index contributed by atoms with van der Waals surface area (Å²) in [6, 6.07) is 0. The first-order chi connectivity index (χ1) is 16.6. The molecule has 206 valence electrons. The molecule has 0 aromatic heterocycles. The van der Waals surface area contributed by atoms with E-state index in [0.717, 1.165) is 57.8 Å². The van der Waals surface area contributed by atoms with Gasteiger partial charge in [-0.2, -0.15) is 0 Å². The second kappa shape index (κ2) is 37.6. The zero-order chi connectivity index (χ0) is 27.7. The Morgan fingerprint density at radius 2 is 0.743 bits per heavy atom. The van der Waals surface area contributed by atoms with Crippen LogP contribution in [-0.4, -0.2) is 24.0 Å². The van der Waals surface area contributed by atoms with E-state index in [9.17, 15) is 29.7 Å². The van der Waals surface area contributed by atoms with Crippen molar-refractivity contribution >= 4 is 17.9 Å². The zero-order valence-electron chi connectivity index (χ0n) is 23.2. The van der Waals surface area contributed by atoms with Crippen molar-refractivity contribution < 1.29 is 53.8 Å². The van der Waals surface area contributed by atoms with Crippen molar-refractivity contribution in [2.75, 3.05) is 0 Å². The Morgan fingerprint density at radius 3 is 0.886 bits per heavy atom. The number of carbonyl (C=O) groups excluding carboxylic acids is 3. The molecule has 0 N–H and O–H groups in total. The zero-order valence-corrected chi connectivity index (χ0v) is 24.7. The van der Waals surface area contributed by atoms with Gasteiger partial charge in [-0.15, -0.1) is 0 Å². The molecule has 7 nitrogen and oxygen atoms in total. The summed E-state index contributed by atoms with van der Waals surface area (Å²) in [5.41, 5.74) is 0. The van der Waals surface area contributed by atoms with Crippen molar-refractivity contribution in [3.63, 3.8) is 0 Å². The fraction of sp³-hybridized carbons (Fsp3) is 0.889. The standard InChI is InChI=1S/3C8H16O2.C3H7O.Ti/c3*1-2-3-4-5-6-7-8(9)10;1-3(2)4;/h3*2-7H2,1H3,(H,9,10);3H,1-2H3;/q;;;-1;+4/p-3. The van der Waals surface area contributed by atoms with Gasteiger partial charge in [-0.25, -0.2) is 0 Å². The van der Waals surface area contributed by atoms with Gasteiger partial charge >= 0.3 is 44.1 Å². The molecule has 0 aliphatic carbocycles. The summed E-state index contributed by atoms with van der Waals surface area (Å²) in [5, 5.41) is 29.8. The minimum absolute atomic E-state index is 0.226. The van der Waals surface area contributed by atoms with Gasteiger partial charge < -0.3 is 29.7 Å². The van der Waals surface area contributed by atoms with Gasteiger partial charge in [0.25, 0.3) is 0 Å². The van der Waals surface area contributed by atoms with Gasteiger partial charge in [-0.1, -0.05) is 97.8 Å². The van der Waals surface area contributed by atoms with Crippen LogP contribution in [0.3, 0.4) is 0 Å². The molecule has 0 saturated heterocycles. The van der Waals surface area contributed by atoms with E-state index in [0.29, 0.717) is 6.10 Å². The van der Waals surface area contributed by atoms with Gasteiger partial charge in [0.1, 0.15) is 0 Å². The van der Waals surface area contributed by atoms with Crippen LogP contribution < -0.4 is 15.3 Å². The van der Waals surface area contributed by atoms with Crippen molar-refractivity contribution in [3.8, 4) is 0 Å². The van der Waals surface area contributed by atoms with Crippen LogP contribution in [0, 0.1) is 0 Å². The Hall–Kier alpha value is -0.916. The molecule has 0 rings (SSSR count). The minimum Gasteiger partial charge on any atom is -0.550 e. The normalized spacial score (nSPS) is 9.71. The molecule has 0 radical (unpaired) electrons. The molecule has 35 heavy (non-hydrogen) atoms. The van der Waals surface area contributed by atoms with Crippen LogP contribution >= 0.6 is 0 Å². The van der Waals surface area contributed by atoms with Crippen LogP contribution in [-0.2, 0) is 38.5 Å². The van der Waals surface area contributed by atoms with E-state index in [1.807, 2.05) is 13.8 Å². The van der Waals surface area contributed by atoms with Crippen molar-refractivity contribution in [2.45, 2.75) is 156 Å². The molecule has 0 bridgehead atoms. The summed E-state index contributed by atoms with van der Waals surface area (Å²) >= 11 is 1.70. The summed E-state index contributed by atoms with van der Waals surface area (Å²) in [4.78, 5) is 29.8. The number of hydrogen-bond acceptors (Lipinski definition) is 7. The van der Waals surface area contributed by atoms with Gasteiger partial charge in [-0.3, -0.25) is 0 Å². The van der Waals surface area contributed by atoms with Gasteiger partial charge in [0, 0.05) is 17.9 Å². The fourth-order valence-corrected chi connectivity index (χ4v) is 2.62. The van der Waals surface area contributed by atoms with Crippen molar-refractivity contribution in [1.82, 2.24) is 0 Å². The molecule has 0 saturated carbocycles. The van der Waals surface area contributed by atoms with E-state index in [-0.39, 0.29) is 19.3 Å². The summed E-state index contributed by atoms with van der Waals surface area (Å²) in [6.07, 6.45) is 17.2. The first-order valence-electron chi connectivity index (χ1n) is 13.5. The molecular weight excluding hydrogens is 484 g/mol. The Kier molecular flexibility index (Phi) is 44.3. The molecule has 0 amide bonds. The third kappa shape index (κ3) is 65.5. The third-order valence-electron chi connectivity index (χ3n) is 4.69. The topological polar surface area (TPSA) is 130 Å². The number of unbranched alkanes of at least 4 members (excludes halogenated alkanes) is 12. The van der Waals surface area contributed by atoms with Crippen LogP contribution in [0.5, 0.6) is 0 Å². The summed E-state index contributed by atoms with van der Waals surface area (Å²) in [7, 11) is 0. The maximum absolute atomic E-state index is 9.92. The van der Waals surface area contributed by atoms with Gasteiger partial charge in [0.05, 0.1) is 0 Å².